The summed E-state index contributed by atoms with van der Waals surface area (Å²) in [4.78, 5) is 23.1. The summed E-state index contributed by atoms with van der Waals surface area (Å²) in [5.41, 5.74) is 0. The molecular weight excluding hydrogens is 260 g/mol. The van der Waals surface area contributed by atoms with Crippen LogP contribution in [0.3, 0.4) is 0 Å². The smallest absolute Gasteiger partial charge is 0.315 e. The van der Waals surface area contributed by atoms with Crippen LogP contribution >= 0.6 is 0 Å². The van der Waals surface area contributed by atoms with Gasteiger partial charge in [0.1, 0.15) is 0 Å². The number of nitrogens with one attached hydrogen (secondary N) is 2. The van der Waals surface area contributed by atoms with E-state index < -0.39 is 18.0 Å². The molecule has 4 atom stereocenters. The normalized spacial score (nSPS) is 34.2. The van der Waals surface area contributed by atoms with Gasteiger partial charge >= 0.3 is 12.0 Å². The number of amides is 2. The Morgan fingerprint density at radius 3 is 2.05 bits per heavy atom. The minimum Gasteiger partial charge on any atom is -0.481 e. The van der Waals surface area contributed by atoms with E-state index in [1.54, 1.807) is 0 Å². The zero-order valence-electron chi connectivity index (χ0n) is 11.7. The maximum absolute atomic E-state index is 12.0. The highest BCUT2D eigenvalue weighted by molar-refractivity contribution is 5.77. The molecule has 0 aromatic rings. The quantitative estimate of drug-likeness (QED) is 0.626. The first-order valence-electron chi connectivity index (χ1n) is 7.56. The van der Waals surface area contributed by atoms with E-state index in [0.29, 0.717) is 19.3 Å². The van der Waals surface area contributed by atoms with Gasteiger partial charge in [-0.3, -0.25) is 4.79 Å². The number of carbonyl (C=O) groups excluding carboxylic acids is 1. The Balaban J connectivity index is 1.84. The molecule has 0 aromatic carbocycles. The Morgan fingerprint density at radius 2 is 1.40 bits per heavy atom. The molecule has 6 nitrogen and oxygen atoms in total. The Morgan fingerprint density at radius 1 is 0.850 bits per heavy atom. The van der Waals surface area contributed by atoms with E-state index in [4.69, 9.17) is 0 Å². The number of hydrogen-bond donors (Lipinski definition) is 4. The Hall–Kier alpha value is -1.30. The number of aliphatic hydroxyl groups excluding tert-OH is 1. The monoisotopic (exact) mass is 284 g/mol. The van der Waals surface area contributed by atoms with Crippen LogP contribution in [0.25, 0.3) is 0 Å². The van der Waals surface area contributed by atoms with E-state index >= 15 is 0 Å². The fourth-order valence-corrected chi connectivity index (χ4v) is 3.26. The summed E-state index contributed by atoms with van der Waals surface area (Å²) in [6, 6.07) is -0.869. The van der Waals surface area contributed by atoms with E-state index in [2.05, 4.69) is 10.6 Å². The van der Waals surface area contributed by atoms with Crippen molar-refractivity contribution >= 4 is 12.0 Å². The van der Waals surface area contributed by atoms with E-state index in [9.17, 15) is 19.8 Å². The second-order valence-electron chi connectivity index (χ2n) is 5.91. The van der Waals surface area contributed by atoms with Crippen LogP contribution in [0.4, 0.5) is 4.79 Å². The molecule has 2 aliphatic rings. The number of carbonyl (C=O) groups is 2. The topological polar surface area (TPSA) is 98.7 Å². The van der Waals surface area contributed by atoms with Crippen LogP contribution in [0.1, 0.15) is 51.4 Å². The molecule has 0 spiro atoms. The molecule has 0 saturated heterocycles. The Kier molecular flexibility index (Phi) is 5.23. The first kappa shape index (κ1) is 15.1. The summed E-state index contributed by atoms with van der Waals surface area (Å²) in [6.07, 6.45) is 6.17. The van der Waals surface area contributed by atoms with Gasteiger partial charge in [0.2, 0.25) is 0 Å². The largest absolute Gasteiger partial charge is 0.481 e. The summed E-state index contributed by atoms with van der Waals surface area (Å²) in [5.74, 6) is -1.33. The van der Waals surface area contributed by atoms with Gasteiger partial charge in [-0.25, -0.2) is 4.79 Å². The molecule has 0 radical (unpaired) electrons. The van der Waals surface area contributed by atoms with Crippen molar-refractivity contribution in [3.8, 4) is 0 Å². The highest BCUT2D eigenvalue weighted by Crippen LogP contribution is 2.25. The number of carboxylic acids is 1. The fourth-order valence-electron chi connectivity index (χ4n) is 3.26. The first-order chi connectivity index (χ1) is 9.58. The third-order valence-corrected chi connectivity index (χ3v) is 4.45. The van der Waals surface area contributed by atoms with Gasteiger partial charge in [-0.15, -0.1) is 0 Å². The average Bonchev–Trinajstić information content (AvgIpc) is 2.41. The summed E-state index contributed by atoms with van der Waals surface area (Å²) in [7, 11) is 0. The molecule has 4 unspecified atom stereocenters. The molecule has 2 saturated carbocycles. The molecule has 2 amide bonds. The molecule has 2 fully saturated rings. The Labute approximate surface area is 118 Å². The number of aliphatic carboxylic acids is 1. The summed E-state index contributed by atoms with van der Waals surface area (Å²) < 4.78 is 0. The van der Waals surface area contributed by atoms with Crippen molar-refractivity contribution in [2.45, 2.75) is 69.6 Å². The molecule has 20 heavy (non-hydrogen) atoms. The number of aliphatic hydroxyl groups is 1. The number of rotatable bonds is 3. The molecule has 0 aliphatic heterocycles. The fraction of sp³-hybridized carbons (Fsp3) is 0.857. The van der Waals surface area contributed by atoms with Crippen molar-refractivity contribution in [1.82, 2.24) is 10.6 Å². The van der Waals surface area contributed by atoms with Crippen LogP contribution in [-0.2, 0) is 4.79 Å². The highest BCUT2D eigenvalue weighted by atomic mass is 16.4. The van der Waals surface area contributed by atoms with E-state index in [0.717, 1.165) is 32.1 Å². The number of carboxylic acid groups (broad SMARTS) is 1. The van der Waals surface area contributed by atoms with Crippen molar-refractivity contribution in [3.05, 3.63) is 0 Å². The summed E-state index contributed by atoms with van der Waals surface area (Å²) >= 11 is 0. The minimum atomic E-state index is -0.840. The maximum atomic E-state index is 12.0. The standard InChI is InChI=1S/C14H24N2O4/c17-12-8-4-3-7-11(12)16-14(20)15-10-6-2-1-5-9(10)13(18)19/h9-12,17H,1-8H2,(H,18,19)(H2,15,16,20). The van der Waals surface area contributed by atoms with Crippen molar-refractivity contribution < 1.29 is 19.8 Å². The molecule has 114 valence electrons. The lowest BCUT2D eigenvalue weighted by Gasteiger charge is -2.32. The summed E-state index contributed by atoms with van der Waals surface area (Å²) in [5, 5.41) is 24.6. The SMILES string of the molecule is O=C(NC1CCCCC1O)NC1CCCCC1C(=O)O. The van der Waals surface area contributed by atoms with Crippen LogP contribution in [0.2, 0.25) is 0 Å². The Bertz CT molecular complexity index is 361. The molecule has 2 rings (SSSR count). The van der Waals surface area contributed by atoms with Crippen molar-refractivity contribution in [2.75, 3.05) is 0 Å². The van der Waals surface area contributed by atoms with Gasteiger partial charge in [0, 0.05) is 6.04 Å². The van der Waals surface area contributed by atoms with E-state index in [1.807, 2.05) is 0 Å². The number of hydrogen-bond acceptors (Lipinski definition) is 3. The molecule has 6 heteroatoms. The first-order valence-corrected chi connectivity index (χ1v) is 7.56. The van der Waals surface area contributed by atoms with Crippen LogP contribution in [0.5, 0.6) is 0 Å². The third kappa shape index (κ3) is 3.85. The maximum Gasteiger partial charge on any atom is 0.315 e. The van der Waals surface area contributed by atoms with Crippen LogP contribution < -0.4 is 10.6 Å². The molecule has 0 bridgehead atoms. The van der Waals surface area contributed by atoms with Gasteiger partial charge in [0.25, 0.3) is 0 Å². The second kappa shape index (κ2) is 6.92. The molecule has 0 heterocycles. The van der Waals surface area contributed by atoms with Crippen molar-refractivity contribution in [2.24, 2.45) is 5.92 Å². The lowest BCUT2D eigenvalue weighted by atomic mass is 9.84. The zero-order chi connectivity index (χ0) is 14.5. The molecule has 2 aliphatic carbocycles. The van der Waals surface area contributed by atoms with E-state index in [-0.39, 0.29) is 18.1 Å². The molecule has 0 aromatic heterocycles. The van der Waals surface area contributed by atoms with Gasteiger partial charge in [0.15, 0.2) is 0 Å². The van der Waals surface area contributed by atoms with Crippen LogP contribution in [0.15, 0.2) is 0 Å². The predicted octanol–water partition coefficient (Wildman–Crippen LogP) is 1.23. The lowest BCUT2D eigenvalue weighted by Crippen LogP contribution is -2.53. The third-order valence-electron chi connectivity index (χ3n) is 4.45. The minimum absolute atomic E-state index is 0.212. The van der Waals surface area contributed by atoms with Gasteiger partial charge in [-0.1, -0.05) is 25.7 Å². The van der Waals surface area contributed by atoms with Gasteiger partial charge < -0.3 is 20.8 Å². The average molecular weight is 284 g/mol. The van der Waals surface area contributed by atoms with Crippen LogP contribution in [-0.4, -0.2) is 40.4 Å². The van der Waals surface area contributed by atoms with Crippen molar-refractivity contribution in [1.29, 1.82) is 0 Å². The van der Waals surface area contributed by atoms with E-state index in [1.165, 1.54) is 0 Å². The number of urea groups is 1. The van der Waals surface area contributed by atoms with Gasteiger partial charge in [0.05, 0.1) is 18.1 Å². The summed E-state index contributed by atoms with van der Waals surface area (Å²) in [6.45, 7) is 0. The lowest BCUT2D eigenvalue weighted by molar-refractivity contribution is -0.143. The zero-order valence-corrected chi connectivity index (χ0v) is 11.7. The molecule has 4 N–H and O–H groups in total. The van der Waals surface area contributed by atoms with Crippen LogP contribution in [0, 0.1) is 5.92 Å². The van der Waals surface area contributed by atoms with Gasteiger partial charge in [-0.2, -0.15) is 0 Å². The van der Waals surface area contributed by atoms with Crippen molar-refractivity contribution in [3.63, 3.8) is 0 Å². The predicted molar refractivity (Wildman–Crippen MR) is 73.3 cm³/mol. The molecular formula is C14H24N2O4. The second-order valence-corrected chi connectivity index (χ2v) is 5.91. The van der Waals surface area contributed by atoms with Gasteiger partial charge in [-0.05, 0) is 25.7 Å². The highest BCUT2D eigenvalue weighted by Gasteiger charge is 2.32.